The number of nitrogens with zero attached hydrogens (tertiary/aromatic N) is 3. The monoisotopic (exact) mass is 457 g/mol. The molecule has 1 spiro atoms. The number of fused-ring (bicyclic) bond motifs is 6. The minimum atomic E-state index is -1.44. The molecule has 0 aromatic heterocycles. The first-order valence-electron chi connectivity index (χ1n) is 10.1. The van der Waals surface area contributed by atoms with Crippen molar-refractivity contribution in [2.75, 3.05) is 0 Å². The Morgan fingerprint density at radius 3 is 2.00 bits per heavy atom. The molecule has 0 N–H and O–H groups in total. The third-order valence-corrected chi connectivity index (χ3v) is 5.42. The number of hydrogen-bond donors (Lipinski definition) is 0. The predicted octanol–water partition coefficient (Wildman–Crippen LogP) is 5.05. The largest absolute Gasteiger partial charge is 0.456 e. The third-order valence-electron chi connectivity index (χ3n) is 5.42. The van der Waals surface area contributed by atoms with Crippen LogP contribution >= 0.6 is 0 Å². The van der Waals surface area contributed by atoms with Crippen LogP contribution < -0.4 is 14.2 Å². The number of benzene rings is 3. The van der Waals surface area contributed by atoms with E-state index < -0.39 is 23.5 Å². The highest BCUT2D eigenvalue weighted by atomic mass is 16.6. The highest BCUT2D eigenvalue weighted by molar-refractivity contribution is 5.97. The minimum Gasteiger partial charge on any atom is -0.456 e. The molecule has 0 aliphatic carbocycles. The van der Waals surface area contributed by atoms with Gasteiger partial charge in [0.25, 0.3) is 0 Å². The maximum absolute atomic E-state index is 12.9. The molecule has 0 radical (unpaired) electrons. The molecule has 2 heterocycles. The molecule has 3 aromatic rings. The molecule has 3 aromatic carbocycles. The smallest absolute Gasteiger partial charge is 0.340 e. The summed E-state index contributed by atoms with van der Waals surface area (Å²) < 4.78 is 22.5. The number of carbonyl (C=O) groups excluding carboxylic acids is 3. The fourth-order valence-corrected chi connectivity index (χ4v) is 4.24. The van der Waals surface area contributed by atoms with Crippen LogP contribution in [0.15, 0.2) is 59.7 Å². The van der Waals surface area contributed by atoms with Crippen LogP contribution in [0.4, 0.5) is 5.69 Å². The summed E-state index contributed by atoms with van der Waals surface area (Å²) in [6.07, 6.45) is 0. The lowest BCUT2D eigenvalue weighted by atomic mass is 9.77. The van der Waals surface area contributed by atoms with Crippen LogP contribution in [0.2, 0.25) is 0 Å². The normalized spacial score (nSPS) is 14.0. The lowest BCUT2D eigenvalue weighted by Crippen LogP contribution is -2.33. The van der Waals surface area contributed by atoms with E-state index in [2.05, 4.69) is 10.0 Å². The van der Waals surface area contributed by atoms with Gasteiger partial charge in [0, 0.05) is 53.3 Å². The molecule has 0 bridgehead atoms. The van der Waals surface area contributed by atoms with Crippen molar-refractivity contribution in [2.45, 2.75) is 19.4 Å². The van der Waals surface area contributed by atoms with Crippen LogP contribution in [0.3, 0.4) is 0 Å². The fourth-order valence-electron chi connectivity index (χ4n) is 4.24. The lowest BCUT2D eigenvalue weighted by molar-refractivity contribution is -0.132. The Morgan fingerprint density at radius 1 is 0.882 bits per heavy atom. The molecule has 0 unspecified atom stereocenters. The average Bonchev–Trinajstić information content (AvgIpc) is 3.05. The van der Waals surface area contributed by atoms with Crippen LogP contribution in [-0.4, -0.2) is 17.9 Å². The summed E-state index contributed by atoms with van der Waals surface area (Å²) in [5, 5.41) is 3.66. The van der Waals surface area contributed by atoms with E-state index in [1.54, 1.807) is 30.3 Å². The molecule has 10 heteroatoms. The van der Waals surface area contributed by atoms with Crippen molar-refractivity contribution >= 4 is 23.6 Å². The van der Waals surface area contributed by atoms with Crippen LogP contribution in [0, 0.1) is 0 Å². The number of carbonyl (C=O) groups is 3. The van der Waals surface area contributed by atoms with Gasteiger partial charge in [-0.05, 0) is 41.9 Å². The van der Waals surface area contributed by atoms with Gasteiger partial charge in [0.1, 0.15) is 23.0 Å². The average molecular weight is 457 g/mol. The van der Waals surface area contributed by atoms with Gasteiger partial charge in [-0.1, -0.05) is 11.2 Å². The van der Waals surface area contributed by atoms with Crippen molar-refractivity contribution < 1.29 is 33.3 Å². The summed E-state index contributed by atoms with van der Waals surface area (Å²) in [6.45, 7) is 2.55. The molecule has 2 aliphatic heterocycles. The number of esters is 3. The van der Waals surface area contributed by atoms with Crippen LogP contribution in [-0.2, 0) is 19.9 Å². The van der Waals surface area contributed by atoms with Crippen LogP contribution in [0.25, 0.3) is 10.4 Å². The van der Waals surface area contributed by atoms with Crippen molar-refractivity contribution in [1.29, 1.82) is 0 Å². The molecule has 0 saturated carbocycles. The van der Waals surface area contributed by atoms with Crippen molar-refractivity contribution in [3.8, 4) is 23.0 Å². The topological polar surface area (TPSA) is 137 Å². The van der Waals surface area contributed by atoms with Gasteiger partial charge < -0.3 is 18.9 Å². The molecule has 5 rings (SSSR count). The third kappa shape index (κ3) is 3.21. The first kappa shape index (κ1) is 21.0. The van der Waals surface area contributed by atoms with E-state index in [1.807, 2.05) is 0 Å². The van der Waals surface area contributed by atoms with Crippen molar-refractivity contribution in [3.63, 3.8) is 0 Å². The SMILES string of the molecule is CC(=O)Oc1ccc2c(c1)Oc1cc(OC(C)=O)ccc1C21OC(=O)c2ccc(N=[N+]=[N-])cc21. The van der Waals surface area contributed by atoms with E-state index in [1.165, 1.54) is 38.1 Å². The van der Waals surface area contributed by atoms with E-state index >= 15 is 0 Å². The second kappa shape index (κ2) is 7.65. The Kier molecular flexibility index (Phi) is 4.73. The summed E-state index contributed by atoms with van der Waals surface area (Å²) in [6, 6.07) is 14.0. The molecular weight excluding hydrogens is 442 g/mol. The molecule has 2 aliphatic rings. The Bertz CT molecular complexity index is 1390. The Balaban J connectivity index is 1.79. The van der Waals surface area contributed by atoms with Gasteiger partial charge in [0.2, 0.25) is 0 Å². The molecule has 168 valence electrons. The Hall–Kier alpha value is -4.82. The highest BCUT2D eigenvalue weighted by Gasteiger charge is 2.53. The summed E-state index contributed by atoms with van der Waals surface area (Å²) in [4.78, 5) is 38.7. The van der Waals surface area contributed by atoms with Crippen LogP contribution in [0.5, 0.6) is 23.0 Å². The van der Waals surface area contributed by atoms with Gasteiger partial charge >= 0.3 is 17.9 Å². The van der Waals surface area contributed by atoms with Crippen molar-refractivity contribution in [2.24, 2.45) is 5.11 Å². The Labute approximate surface area is 192 Å². The standard InChI is InChI=1S/C24H15N3O7/c1-12(28)31-15-4-7-18-21(10-15)33-22-11-16(32-13(2)29)5-8-19(22)24(18)20-9-14(26-27-25)3-6-17(20)23(30)34-24/h3-11H,1-2H3. The molecule has 0 atom stereocenters. The van der Waals surface area contributed by atoms with Crippen molar-refractivity contribution in [1.82, 2.24) is 0 Å². The first-order valence-corrected chi connectivity index (χ1v) is 10.1. The summed E-state index contributed by atoms with van der Waals surface area (Å²) >= 11 is 0. The Morgan fingerprint density at radius 2 is 1.47 bits per heavy atom. The van der Waals surface area contributed by atoms with Gasteiger partial charge in [-0.25, -0.2) is 4.79 Å². The lowest BCUT2D eigenvalue weighted by Gasteiger charge is -2.36. The second-order valence-electron chi connectivity index (χ2n) is 7.60. The van der Waals surface area contributed by atoms with Gasteiger partial charge in [0.15, 0.2) is 5.60 Å². The number of ether oxygens (including phenoxy) is 4. The molecule has 0 amide bonds. The summed E-state index contributed by atoms with van der Waals surface area (Å²) in [5.74, 6) is -0.613. The number of hydrogen-bond acceptors (Lipinski definition) is 8. The van der Waals surface area contributed by atoms with E-state index in [9.17, 15) is 14.4 Å². The zero-order chi connectivity index (χ0) is 24.0. The van der Waals surface area contributed by atoms with E-state index in [0.717, 1.165) is 0 Å². The van der Waals surface area contributed by atoms with Gasteiger partial charge in [0.05, 0.1) is 5.56 Å². The van der Waals surface area contributed by atoms with Crippen LogP contribution in [0.1, 0.15) is 40.9 Å². The van der Waals surface area contributed by atoms with Crippen molar-refractivity contribution in [3.05, 3.63) is 87.3 Å². The molecule has 34 heavy (non-hydrogen) atoms. The molecule has 10 nitrogen and oxygen atoms in total. The fraction of sp³-hybridized carbons (Fsp3) is 0.125. The molecule has 0 saturated heterocycles. The number of azide groups is 1. The van der Waals surface area contributed by atoms with E-state index in [0.29, 0.717) is 27.9 Å². The van der Waals surface area contributed by atoms with Gasteiger partial charge in [-0.2, -0.15) is 0 Å². The number of rotatable bonds is 3. The van der Waals surface area contributed by atoms with E-state index in [-0.39, 0.29) is 23.0 Å². The summed E-state index contributed by atoms with van der Waals surface area (Å²) in [5.41, 5.74) is 9.44. The van der Waals surface area contributed by atoms with Gasteiger partial charge in [-0.15, -0.1) is 0 Å². The maximum atomic E-state index is 12.9. The first-order chi connectivity index (χ1) is 16.3. The zero-order valence-corrected chi connectivity index (χ0v) is 17.9. The van der Waals surface area contributed by atoms with E-state index in [4.69, 9.17) is 24.5 Å². The molecule has 0 fully saturated rings. The zero-order valence-electron chi connectivity index (χ0n) is 17.9. The quantitative estimate of drug-likeness (QED) is 0.176. The maximum Gasteiger partial charge on any atom is 0.340 e. The second-order valence-corrected chi connectivity index (χ2v) is 7.60. The molecular formula is C24H15N3O7. The minimum absolute atomic E-state index is 0.230. The highest BCUT2D eigenvalue weighted by Crippen LogP contribution is 2.57. The predicted molar refractivity (Wildman–Crippen MR) is 116 cm³/mol. The summed E-state index contributed by atoms with van der Waals surface area (Å²) in [7, 11) is 0. The van der Waals surface area contributed by atoms with Gasteiger partial charge in [-0.3, -0.25) is 9.59 Å².